The highest BCUT2D eigenvalue weighted by Gasteiger charge is 2.16. The van der Waals surface area contributed by atoms with Crippen molar-refractivity contribution in [3.63, 3.8) is 0 Å². The van der Waals surface area contributed by atoms with E-state index < -0.39 is 0 Å². The van der Waals surface area contributed by atoms with Crippen LogP contribution in [-0.2, 0) is 0 Å². The van der Waals surface area contributed by atoms with E-state index in [0.29, 0.717) is 23.8 Å². The first-order valence-electron chi connectivity index (χ1n) is 5.55. The van der Waals surface area contributed by atoms with Crippen molar-refractivity contribution in [1.82, 2.24) is 4.98 Å². The lowest BCUT2D eigenvalue weighted by atomic mass is 10.1. The summed E-state index contributed by atoms with van der Waals surface area (Å²) in [5.74, 6) is 1.46. The van der Waals surface area contributed by atoms with Gasteiger partial charge in [0.1, 0.15) is 24.2 Å². The van der Waals surface area contributed by atoms with Gasteiger partial charge >= 0.3 is 0 Å². The Labute approximate surface area is 108 Å². The lowest BCUT2D eigenvalue weighted by Crippen LogP contribution is -2.15. The van der Waals surface area contributed by atoms with Gasteiger partial charge in [0.05, 0.1) is 10.7 Å². The summed E-state index contributed by atoms with van der Waals surface area (Å²) in [5, 5.41) is 9.98. The van der Waals surface area contributed by atoms with Gasteiger partial charge in [-0.1, -0.05) is 0 Å². The van der Waals surface area contributed by atoms with Crippen molar-refractivity contribution >= 4 is 11.3 Å². The van der Waals surface area contributed by atoms with Crippen molar-refractivity contribution in [3.8, 4) is 28.8 Å². The minimum Gasteiger partial charge on any atom is -0.486 e. The van der Waals surface area contributed by atoms with Crippen molar-refractivity contribution in [2.24, 2.45) is 0 Å². The summed E-state index contributed by atoms with van der Waals surface area (Å²) in [5.41, 5.74) is 1.61. The first kappa shape index (κ1) is 11.1. The quantitative estimate of drug-likeness (QED) is 0.789. The van der Waals surface area contributed by atoms with Gasteiger partial charge in [0.15, 0.2) is 11.5 Å². The maximum absolute atomic E-state index is 9.10. The molecular formula is C13H10N2O2S. The summed E-state index contributed by atoms with van der Waals surface area (Å²) in [6, 6.07) is 7.82. The lowest BCUT2D eigenvalue weighted by Gasteiger charge is -2.18. The van der Waals surface area contributed by atoms with Crippen LogP contribution in [0, 0.1) is 18.3 Å². The highest BCUT2D eigenvalue weighted by atomic mass is 32.1. The van der Waals surface area contributed by atoms with Crippen LogP contribution in [0.1, 0.15) is 9.88 Å². The SMILES string of the molecule is Cc1nc(-c2ccc3c(c2)OCCO3)c(C#N)s1. The van der Waals surface area contributed by atoms with E-state index in [0.717, 1.165) is 22.0 Å². The van der Waals surface area contributed by atoms with E-state index in [1.54, 1.807) is 0 Å². The Kier molecular flexibility index (Phi) is 2.65. The van der Waals surface area contributed by atoms with Gasteiger partial charge in [-0.25, -0.2) is 4.98 Å². The van der Waals surface area contributed by atoms with E-state index in [-0.39, 0.29) is 0 Å². The number of nitrogens with zero attached hydrogens (tertiary/aromatic N) is 2. The van der Waals surface area contributed by atoms with Gasteiger partial charge in [-0.3, -0.25) is 0 Å². The van der Waals surface area contributed by atoms with E-state index >= 15 is 0 Å². The Balaban J connectivity index is 2.09. The molecule has 0 amide bonds. The highest BCUT2D eigenvalue weighted by Crippen LogP contribution is 2.36. The molecule has 0 spiro atoms. The summed E-state index contributed by atoms with van der Waals surface area (Å²) in [4.78, 5) is 5.03. The van der Waals surface area contributed by atoms with Gasteiger partial charge in [0, 0.05) is 5.56 Å². The largest absolute Gasteiger partial charge is 0.486 e. The van der Waals surface area contributed by atoms with Crippen LogP contribution in [0.2, 0.25) is 0 Å². The molecule has 0 atom stereocenters. The number of benzene rings is 1. The third-order valence-corrected chi connectivity index (χ3v) is 3.53. The Morgan fingerprint density at radius 1 is 1.28 bits per heavy atom. The number of aryl methyl sites for hydroxylation is 1. The average molecular weight is 258 g/mol. The van der Waals surface area contributed by atoms with Gasteiger partial charge < -0.3 is 9.47 Å². The van der Waals surface area contributed by atoms with Gasteiger partial charge in [-0.15, -0.1) is 11.3 Å². The summed E-state index contributed by atoms with van der Waals surface area (Å²) in [6.45, 7) is 3.02. The Morgan fingerprint density at radius 2 is 2.06 bits per heavy atom. The van der Waals surface area contributed by atoms with Crippen LogP contribution < -0.4 is 9.47 Å². The Bertz CT molecular complexity index is 643. The van der Waals surface area contributed by atoms with Crippen LogP contribution >= 0.6 is 11.3 Å². The smallest absolute Gasteiger partial charge is 0.162 e. The van der Waals surface area contributed by atoms with Crippen LogP contribution in [0.25, 0.3) is 11.3 Å². The summed E-state index contributed by atoms with van der Waals surface area (Å²) in [7, 11) is 0. The first-order chi connectivity index (χ1) is 8.78. The van der Waals surface area contributed by atoms with Crippen molar-refractivity contribution in [1.29, 1.82) is 5.26 Å². The second-order valence-corrected chi connectivity index (χ2v) is 5.08. The molecule has 4 nitrogen and oxygen atoms in total. The fourth-order valence-corrected chi connectivity index (χ4v) is 2.63. The van der Waals surface area contributed by atoms with Crippen LogP contribution in [0.3, 0.4) is 0 Å². The predicted molar refractivity (Wildman–Crippen MR) is 68.0 cm³/mol. The Morgan fingerprint density at radius 3 is 2.83 bits per heavy atom. The average Bonchev–Trinajstić information content (AvgIpc) is 2.79. The number of rotatable bonds is 1. The zero-order valence-corrected chi connectivity index (χ0v) is 10.6. The molecule has 0 radical (unpaired) electrons. The van der Waals surface area contributed by atoms with E-state index in [2.05, 4.69) is 11.1 Å². The molecule has 1 aromatic carbocycles. The third-order valence-electron chi connectivity index (χ3n) is 2.65. The van der Waals surface area contributed by atoms with Crippen LogP contribution in [0.15, 0.2) is 18.2 Å². The number of ether oxygens (including phenoxy) is 2. The maximum atomic E-state index is 9.10. The van der Waals surface area contributed by atoms with Gasteiger partial charge in [-0.2, -0.15) is 5.26 Å². The molecule has 0 bridgehead atoms. The minimum absolute atomic E-state index is 0.553. The van der Waals surface area contributed by atoms with E-state index in [1.807, 2.05) is 25.1 Å². The van der Waals surface area contributed by atoms with E-state index in [4.69, 9.17) is 14.7 Å². The summed E-state index contributed by atoms with van der Waals surface area (Å²) >= 11 is 1.40. The van der Waals surface area contributed by atoms with Crippen molar-refractivity contribution in [2.45, 2.75) is 6.92 Å². The highest BCUT2D eigenvalue weighted by molar-refractivity contribution is 7.12. The molecule has 1 aliphatic rings. The molecule has 0 saturated heterocycles. The molecule has 0 saturated carbocycles. The molecule has 0 fully saturated rings. The molecular weight excluding hydrogens is 248 g/mol. The third kappa shape index (κ3) is 1.81. The van der Waals surface area contributed by atoms with Gasteiger partial charge in [0.25, 0.3) is 0 Å². The predicted octanol–water partition coefficient (Wildman–Crippen LogP) is 2.76. The Hall–Kier alpha value is -2.06. The number of hydrogen-bond donors (Lipinski definition) is 0. The molecule has 0 aliphatic carbocycles. The second kappa shape index (κ2) is 4.31. The molecule has 2 heterocycles. The maximum Gasteiger partial charge on any atom is 0.162 e. The van der Waals surface area contributed by atoms with Crippen molar-refractivity contribution in [3.05, 3.63) is 28.1 Å². The summed E-state index contributed by atoms with van der Waals surface area (Å²) in [6.07, 6.45) is 0. The fourth-order valence-electron chi connectivity index (χ4n) is 1.89. The molecule has 0 N–H and O–H groups in total. The number of hydrogen-bond acceptors (Lipinski definition) is 5. The number of thiazole rings is 1. The van der Waals surface area contributed by atoms with E-state index in [1.165, 1.54) is 11.3 Å². The molecule has 90 valence electrons. The standard InChI is InChI=1S/C13H10N2O2S/c1-8-15-13(12(7-14)18-8)9-2-3-10-11(6-9)17-5-4-16-10/h2-3,6H,4-5H2,1H3. The zero-order chi connectivity index (χ0) is 12.5. The molecule has 1 aliphatic heterocycles. The monoisotopic (exact) mass is 258 g/mol. The topological polar surface area (TPSA) is 55.1 Å². The number of aromatic nitrogens is 1. The van der Waals surface area contributed by atoms with Crippen LogP contribution in [0.5, 0.6) is 11.5 Å². The second-order valence-electron chi connectivity index (χ2n) is 3.88. The minimum atomic E-state index is 0.553. The molecule has 3 rings (SSSR count). The molecule has 1 aromatic heterocycles. The number of fused-ring (bicyclic) bond motifs is 1. The van der Waals surface area contributed by atoms with E-state index in [9.17, 15) is 0 Å². The molecule has 5 heteroatoms. The summed E-state index contributed by atoms with van der Waals surface area (Å²) < 4.78 is 11.0. The van der Waals surface area contributed by atoms with Crippen molar-refractivity contribution in [2.75, 3.05) is 13.2 Å². The first-order valence-corrected chi connectivity index (χ1v) is 6.37. The lowest BCUT2D eigenvalue weighted by molar-refractivity contribution is 0.171. The zero-order valence-electron chi connectivity index (χ0n) is 9.77. The molecule has 0 unspecified atom stereocenters. The van der Waals surface area contributed by atoms with Gasteiger partial charge in [-0.05, 0) is 25.1 Å². The van der Waals surface area contributed by atoms with Gasteiger partial charge in [0.2, 0.25) is 0 Å². The molecule has 18 heavy (non-hydrogen) atoms. The normalized spacial score (nSPS) is 13.1. The molecule has 2 aromatic rings. The van der Waals surface area contributed by atoms with Crippen molar-refractivity contribution < 1.29 is 9.47 Å². The fraction of sp³-hybridized carbons (Fsp3) is 0.231. The van der Waals surface area contributed by atoms with Crippen LogP contribution in [-0.4, -0.2) is 18.2 Å². The van der Waals surface area contributed by atoms with Crippen LogP contribution in [0.4, 0.5) is 0 Å². The number of nitriles is 1.